The third kappa shape index (κ3) is 4.17. The Bertz CT molecular complexity index is 1030. The van der Waals surface area contributed by atoms with E-state index in [1.807, 2.05) is 30.3 Å². The van der Waals surface area contributed by atoms with Gasteiger partial charge in [0.2, 0.25) is 0 Å². The summed E-state index contributed by atoms with van der Waals surface area (Å²) in [5.41, 5.74) is 2.70. The minimum atomic E-state index is -0.447. The first-order chi connectivity index (χ1) is 13.5. The molecule has 0 aromatic heterocycles. The summed E-state index contributed by atoms with van der Waals surface area (Å²) >= 11 is 0. The highest BCUT2D eigenvalue weighted by atomic mass is 16.5. The quantitative estimate of drug-likeness (QED) is 0.430. The molecule has 0 bridgehead atoms. The van der Waals surface area contributed by atoms with Crippen molar-refractivity contribution < 1.29 is 19.1 Å². The monoisotopic (exact) mass is 374 g/mol. The SMILES string of the molecule is CCc1cccc2ccc(C(=O)CCC(=O)c3ccc(C(=O)OC)cc3)cc12. The van der Waals surface area contributed by atoms with Crippen LogP contribution in [0.5, 0.6) is 0 Å². The second kappa shape index (κ2) is 8.61. The number of Topliss-reactive ketones (excluding diaryl/α,β-unsaturated/α-hetero) is 2. The molecule has 3 aromatic carbocycles. The number of aryl methyl sites for hydroxylation is 1. The number of ketones is 2. The third-order valence-corrected chi connectivity index (χ3v) is 4.88. The van der Waals surface area contributed by atoms with Crippen LogP contribution < -0.4 is 0 Å². The lowest BCUT2D eigenvalue weighted by molar-refractivity contribution is 0.0600. The Morgan fingerprint density at radius 2 is 1.39 bits per heavy atom. The van der Waals surface area contributed by atoms with Crippen LogP contribution in [0.1, 0.15) is 56.4 Å². The number of carbonyl (C=O) groups excluding carboxylic acids is 3. The van der Waals surface area contributed by atoms with Crippen molar-refractivity contribution in [1.82, 2.24) is 0 Å². The van der Waals surface area contributed by atoms with Gasteiger partial charge >= 0.3 is 5.97 Å². The smallest absolute Gasteiger partial charge is 0.337 e. The lowest BCUT2D eigenvalue weighted by atomic mass is 9.96. The van der Waals surface area contributed by atoms with Gasteiger partial charge in [0, 0.05) is 24.0 Å². The maximum Gasteiger partial charge on any atom is 0.337 e. The molecule has 0 N–H and O–H groups in total. The number of fused-ring (bicyclic) bond motifs is 1. The average Bonchev–Trinajstić information content (AvgIpc) is 2.75. The number of carbonyl (C=O) groups is 3. The summed E-state index contributed by atoms with van der Waals surface area (Å²) < 4.78 is 4.64. The first-order valence-electron chi connectivity index (χ1n) is 9.30. The van der Waals surface area contributed by atoms with Crippen molar-refractivity contribution in [3.8, 4) is 0 Å². The van der Waals surface area contributed by atoms with E-state index in [1.54, 1.807) is 24.3 Å². The van der Waals surface area contributed by atoms with E-state index in [1.165, 1.54) is 12.7 Å². The summed E-state index contributed by atoms with van der Waals surface area (Å²) in [5.74, 6) is -0.621. The van der Waals surface area contributed by atoms with Crippen LogP contribution in [0.3, 0.4) is 0 Å². The molecule has 0 saturated carbocycles. The number of ether oxygens (including phenoxy) is 1. The van der Waals surface area contributed by atoms with Crippen LogP contribution in [0.15, 0.2) is 60.7 Å². The first kappa shape index (κ1) is 19.5. The Balaban J connectivity index is 1.69. The molecule has 0 aliphatic heterocycles. The van der Waals surface area contributed by atoms with Gasteiger partial charge in [0.1, 0.15) is 0 Å². The number of benzene rings is 3. The van der Waals surface area contributed by atoms with Gasteiger partial charge in [-0.05, 0) is 41.0 Å². The highest BCUT2D eigenvalue weighted by molar-refractivity contribution is 6.04. The Hall–Kier alpha value is -3.27. The van der Waals surface area contributed by atoms with Gasteiger partial charge in [-0.25, -0.2) is 4.79 Å². The van der Waals surface area contributed by atoms with E-state index in [9.17, 15) is 14.4 Å². The highest BCUT2D eigenvalue weighted by Gasteiger charge is 2.13. The standard InChI is InChI=1S/C24H22O4/c1-3-16-5-4-6-17-7-12-20(15-21(16)17)23(26)14-13-22(25)18-8-10-19(11-9-18)24(27)28-2/h4-12,15H,3,13-14H2,1-2H3. The molecule has 0 heterocycles. The molecule has 142 valence electrons. The van der Waals surface area contributed by atoms with Crippen molar-refractivity contribution in [3.05, 3.63) is 82.9 Å². The second-order valence-electron chi connectivity index (χ2n) is 6.62. The van der Waals surface area contributed by atoms with Gasteiger partial charge < -0.3 is 4.74 Å². The first-order valence-corrected chi connectivity index (χ1v) is 9.30. The van der Waals surface area contributed by atoms with Crippen molar-refractivity contribution >= 4 is 28.3 Å². The van der Waals surface area contributed by atoms with Crippen molar-refractivity contribution in [2.75, 3.05) is 7.11 Å². The van der Waals surface area contributed by atoms with Gasteiger partial charge in [0.25, 0.3) is 0 Å². The fourth-order valence-corrected chi connectivity index (χ4v) is 3.24. The zero-order chi connectivity index (χ0) is 20.1. The summed E-state index contributed by atoms with van der Waals surface area (Å²) in [4.78, 5) is 36.4. The number of hydrogen-bond donors (Lipinski definition) is 0. The minimum absolute atomic E-state index is 0.0488. The lowest BCUT2D eigenvalue weighted by Gasteiger charge is -2.07. The summed E-state index contributed by atoms with van der Waals surface area (Å²) in [7, 11) is 1.31. The summed E-state index contributed by atoms with van der Waals surface area (Å²) in [6.45, 7) is 2.09. The molecule has 0 atom stereocenters. The number of rotatable bonds is 7. The third-order valence-electron chi connectivity index (χ3n) is 4.88. The van der Waals surface area contributed by atoms with E-state index < -0.39 is 5.97 Å². The van der Waals surface area contributed by atoms with Crippen LogP contribution in [0.4, 0.5) is 0 Å². The maximum atomic E-state index is 12.6. The number of esters is 1. The molecule has 0 aliphatic rings. The summed E-state index contributed by atoms with van der Waals surface area (Å²) in [5, 5.41) is 2.19. The fourth-order valence-electron chi connectivity index (χ4n) is 3.24. The fraction of sp³-hybridized carbons (Fsp3) is 0.208. The molecule has 28 heavy (non-hydrogen) atoms. The van der Waals surface area contributed by atoms with Crippen LogP contribution >= 0.6 is 0 Å². The molecule has 0 aliphatic carbocycles. The van der Waals surface area contributed by atoms with Gasteiger partial charge in [-0.1, -0.05) is 49.4 Å². The van der Waals surface area contributed by atoms with E-state index in [2.05, 4.69) is 17.7 Å². The molecular formula is C24H22O4. The van der Waals surface area contributed by atoms with Crippen LogP contribution in [-0.2, 0) is 11.2 Å². The molecular weight excluding hydrogens is 352 g/mol. The molecule has 4 nitrogen and oxygen atoms in total. The van der Waals surface area contributed by atoms with Crippen LogP contribution in [0, 0.1) is 0 Å². The number of methoxy groups -OCH3 is 1. The summed E-state index contributed by atoms with van der Waals surface area (Å²) in [6, 6.07) is 18.1. The van der Waals surface area contributed by atoms with Crippen LogP contribution in [0.25, 0.3) is 10.8 Å². The largest absolute Gasteiger partial charge is 0.465 e. The van der Waals surface area contributed by atoms with Crippen molar-refractivity contribution in [3.63, 3.8) is 0 Å². The Labute approximate surface area is 164 Å². The van der Waals surface area contributed by atoms with Crippen molar-refractivity contribution in [1.29, 1.82) is 0 Å². The molecule has 0 unspecified atom stereocenters. The highest BCUT2D eigenvalue weighted by Crippen LogP contribution is 2.22. The van der Waals surface area contributed by atoms with Gasteiger partial charge in [-0.3, -0.25) is 9.59 Å². The molecule has 0 radical (unpaired) electrons. The van der Waals surface area contributed by atoms with E-state index >= 15 is 0 Å². The van der Waals surface area contributed by atoms with Crippen molar-refractivity contribution in [2.24, 2.45) is 0 Å². The lowest BCUT2D eigenvalue weighted by Crippen LogP contribution is -2.06. The maximum absolute atomic E-state index is 12.6. The predicted molar refractivity (Wildman–Crippen MR) is 109 cm³/mol. The van der Waals surface area contributed by atoms with E-state index in [-0.39, 0.29) is 24.4 Å². The molecule has 0 amide bonds. The van der Waals surface area contributed by atoms with Gasteiger partial charge in [-0.2, -0.15) is 0 Å². The molecule has 4 heteroatoms. The molecule has 3 aromatic rings. The van der Waals surface area contributed by atoms with Gasteiger partial charge in [0.05, 0.1) is 12.7 Å². The predicted octanol–water partition coefficient (Wildman–Crippen LogP) is 5.03. The minimum Gasteiger partial charge on any atom is -0.465 e. The molecule has 3 rings (SSSR count). The zero-order valence-electron chi connectivity index (χ0n) is 16.0. The normalized spacial score (nSPS) is 10.6. The van der Waals surface area contributed by atoms with Crippen LogP contribution in [-0.4, -0.2) is 24.6 Å². The Morgan fingerprint density at radius 3 is 2.04 bits per heavy atom. The Kier molecular flexibility index (Phi) is 5.99. The molecule has 0 spiro atoms. The average molecular weight is 374 g/mol. The van der Waals surface area contributed by atoms with E-state index in [0.29, 0.717) is 16.7 Å². The van der Waals surface area contributed by atoms with Crippen LogP contribution in [0.2, 0.25) is 0 Å². The van der Waals surface area contributed by atoms with E-state index in [0.717, 1.165) is 17.2 Å². The van der Waals surface area contributed by atoms with Gasteiger partial charge in [-0.15, -0.1) is 0 Å². The Morgan fingerprint density at radius 1 is 0.786 bits per heavy atom. The number of hydrogen-bond acceptors (Lipinski definition) is 4. The van der Waals surface area contributed by atoms with E-state index in [4.69, 9.17) is 0 Å². The van der Waals surface area contributed by atoms with Gasteiger partial charge in [0.15, 0.2) is 11.6 Å². The summed E-state index contributed by atoms with van der Waals surface area (Å²) in [6.07, 6.45) is 1.18. The zero-order valence-corrected chi connectivity index (χ0v) is 16.0. The molecule has 0 saturated heterocycles. The molecule has 0 fully saturated rings. The second-order valence-corrected chi connectivity index (χ2v) is 6.62. The topological polar surface area (TPSA) is 60.4 Å². The van der Waals surface area contributed by atoms with Crippen molar-refractivity contribution in [2.45, 2.75) is 26.2 Å².